The Bertz CT molecular complexity index is 1540. The lowest BCUT2D eigenvalue weighted by Crippen LogP contribution is -2.17. The number of hydrogen-bond acceptors (Lipinski definition) is 4. The van der Waals surface area contributed by atoms with Crippen LogP contribution < -0.4 is 14.9 Å². The summed E-state index contributed by atoms with van der Waals surface area (Å²) >= 11 is 0. The Morgan fingerprint density at radius 2 is 1.47 bits per heavy atom. The van der Waals surface area contributed by atoms with E-state index in [-0.39, 0.29) is 5.91 Å². The molecule has 1 amide bonds. The van der Waals surface area contributed by atoms with E-state index in [1.807, 2.05) is 48.5 Å². The monoisotopic (exact) mass is 475 g/mol. The van der Waals surface area contributed by atoms with Gasteiger partial charge in [-0.25, -0.2) is 5.43 Å². The van der Waals surface area contributed by atoms with Crippen molar-refractivity contribution in [3.8, 4) is 28.4 Å². The third-order valence-electron chi connectivity index (χ3n) is 5.98. The van der Waals surface area contributed by atoms with Crippen LogP contribution in [0.3, 0.4) is 0 Å². The first kappa shape index (κ1) is 22.9. The van der Waals surface area contributed by atoms with Crippen LogP contribution in [0.1, 0.15) is 15.9 Å². The minimum Gasteiger partial charge on any atom is -0.493 e. The minimum absolute atomic E-state index is 0.347. The quantitative estimate of drug-likeness (QED) is 0.229. The molecule has 0 bridgehead atoms. The number of benzene rings is 4. The number of fused-ring (bicyclic) bond motifs is 1. The zero-order chi connectivity index (χ0) is 24.9. The second-order valence-electron chi connectivity index (χ2n) is 8.09. The number of para-hydroxylation sites is 2. The van der Waals surface area contributed by atoms with E-state index < -0.39 is 0 Å². The van der Waals surface area contributed by atoms with Gasteiger partial charge in [0.25, 0.3) is 5.91 Å². The molecule has 6 heteroatoms. The molecular weight excluding hydrogens is 450 g/mol. The predicted molar refractivity (Wildman–Crippen MR) is 143 cm³/mol. The first-order valence-electron chi connectivity index (χ1n) is 11.5. The summed E-state index contributed by atoms with van der Waals surface area (Å²) in [5.41, 5.74) is 8.11. The average Bonchev–Trinajstić information content (AvgIpc) is 3.27. The van der Waals surface area contributed by atoms with Crippen molar-refractivity contribution >= 4 is 23.0 Å². The predicted octanol–water partition coefficient (Wildman–Crippen LogP) is 6.08. The van der Waals surface area contributed by atoms with Crippen molar-refractivity contribution in [3.05, 3.63) is 114 Å². The van der Waals surface area contributed by atoms with Gasteiger partial charge >= 0.3 is 0 Å². The number of hydrogen-bond donors (Lipinski definition) is 1. The topological polar surface area (TPSA) is 64.8 Å². The molecule has 0 atom stereocenters. The average molecular weight is 476 g/mol. The number of carbonyl (C=O) groups is 1. The Morgan fingerprint density at radius 1 is 0.806 bits per heavy atom. The molecule has 178 valence electrons. The minimum atomic E-state index is -0.347. The first-order valence-corrected chi connectivity index (χ1v) is 11.5. The molecule has 5 rings (SSSR count). The number of methoxy groups -OCH3 is 2. The molecule has 0 spiro atoms. The Hall–Kier alpha value is -4.84. The van der Waals surface area contributed by atoms with Crippen LogP contribution in [0, 0.1) is 0 Å². The van der Waals surface area contributed by atoms with Gasteiger partial charge in [-0.2, -0.15) is 5.10 Å². The highest BCUT2D eigenvalue weighted by Gasteiger charge is 2.18. The molecule has 0 aliphatic rings. The van der Waals surface area contributed by atoms with Gasteiger partial charge in [0.1, 0.15) is 0 Å². The molecule has 6 nitrogen and oxygen atoms in total. The molecule has 1 aromatic heterocycles. The van der Waals surface area contributed by atoms with Gasteiger partial charge in [0, 0.05) is 22.2 Å². The molecule has 1 heterocycles. The van der Waals surface area contributed by atoms with Gasteiger partial charge in [0.15, 0.2) is 11.5 Å². The molecule has 36 heavy (non-hydrogen) atoms. The van der Waals surface area contributed by atoms with Crippen LogP contribution in [-0.4, -0.2) is 30.9 Å². The molecule has 1 N–H and O–H groups in total. The number of carbonyl (C=O) groups excluding carboxylic acids is 1. The third kappa shape index (κ3) is 4.32. The van der Waals surface area contributed by atoms with Crippen LogP contribution in [0.4, 0.5) is 0 Å². The highest BCUT2D eigenvalue weighted by Crippen LogP contribution is 2.35. The zero-order valence-electron chi connectivity index (χ0n) is 20.0. The van der Waals surface area contributed by atoms with Gasteiger partial charge in [0.05, 0.1) is 31.6 Å². The lowest BCUT2D eigenvalue weighted by atomic mass is 10.1. The Morgan fingerprint density at radius 3 is 2.19 bits per heavy atom. The summed E-state index contributed by atoms with van der Waals surface area (Å²) in [6.07, 6.45) is 1.71. The normalized spacial score (nSPS) is 11.1. The molecule has 0 saturated heterocycles. The van der Waals surface area contributed by atoms with E-state index in [1.165, 1.54) is 7.11 Å². The molecular formula is C30H25N3O3. The fraction of sp³-hybridized carbons (Fsp3) is 0.0667. The maximum atomic E-state index is 12.8. The van der Waals surface area contributed by atoms with E-state index in [0.717, 1.165) is 33.4 Å². The SMILES string of the molecule is COc1ccc(C(=O)N/N=C/c2c(-c3ccccc3)n(-c3ccccc3)c3ccccc23)cc1OC. The molecule has 5 aromatic rings. The van der Waals surface area contributed by atoms with Crippen molar-refractivity contribution in [2.24, 2.45) is 5.10 Å². The highest BCUT2D eigenvalue weighted by atomic mass is 16.5. The smallest absolute Gasteiger partial charge is 0.271 e. The molecule has 0 fully saturated rings. The number of rotatable bonds is 7. The number of aromatic nitrogens is 1. The van der Waals surface area contributed by atoms with E-state index in [2.05, 4.69) is 51.5 Å². The Kier molecular flexibility index (Phi) is 6.49. The van der Waals surface area contributed by atoms with Gasteiger partial charge in [-0.05, 0) is 42.0 Å². The van der Waals surface area contributed by atoms with Crippen LogP contribution in [0.2, 0.25) is 0 Å². The number of ether oxygens (including phenoxy) is 2. The van der Waals surface area contributed by atoms with Gasteiger partial charge in [-0.3, -0.25) is 4.79 Å². The number of amides is 1. The van der Waals surface area contributed by atoms with Crippen molar-refractivity contribution in [1.82, 2.24) is 9.99 Å². The van der Waals surface area contributed by atoms with E-state index >= 15 is 0 Å². The summed E-state index contributed by atoms with van der Waals surface area (Å²) in [6, 6.07) is 33.6. The zero-order valence-corrected chi connectivity index (χ0v) is 20.0. The molecule has 0 saturated carbocycles. The van der Waals surface area contributed by atoms with Crippen LogP contribution >= 0.6 is 0 Å². The van der Waals surface area contributed by atoms with Crippen LogP contribution in [0.15, 0.2) is 108 Å². The summed E-state index contributed by atoms with van der Waals surface area (Å²) in [7, 11) is 3.09. The maximum Gasteiger partial charge on any atom is 0.271 e. The molecule has 0 unspecified atom stereocenters. The van der Waals surface area contributed by atoms with E-state index in [0.29, 0.717) is 17.1 Å². The number of nitrogens with one attached hydrogen (secondary N) is 1. The molecule has 4 aromatic carbocycles. The summed E-state index contributed by atoms with van der Waals surface area (Å²) in [4.78, 5) is 12.8. The van der Waals surface area contributed by atoms with Gasteiger partial charge in [-0.1, -0.05) is 66.7 Å². The van der Waals surface area contributed by atoms with Crippen molar-refractivity contribution in [1.29, 1.82) is 0 Å². The number of hydrazone groups is 1. The van der Waals surface area contributed by atoms with E-state index in [1.54, 1.807) is 31.5 Å². The van der Waals surface area contributed by atoms with Crippen LogP contribution in [0.25, 0.3) is 27.8 Å². The highest BCUT2D eigenvalue weighted by molar-refractivity contribution is 6.08. The van der Waals surface area contributed by atoms with Gasteiger partial charge in [0.2, 0.25) is 0 Å². The fourth-order valence-corrected chi connectivity index (χ4v) is 4.32. The standard InChI is InChI=1S/C30H25N3O3/c1-35-27-18-17-22(19-28(27)36-2)30(34)32-31-20-25-24-15-9-10-16-26(24)33(23-13-7-4-8-14-23)29(25)21-11-5-3-6-12-21/h3-20H,1-2H3,(H,32,34)/b31-20+. The van der Waals surface area contributed by atoms with Crippen LogP contribution in [0.5, 0.6) is 11.5 Å². The summed E-state index contributed by atoms with van der Waals surface area (Å²) in [5, 5.41) is 5.38. The van der Waals surface area contributed by atoms with Gasteiger partial charge < -0.3 is 14.0 Å². The second-order valence-corrected chi connectivity index (χ2v) is 8.09. The first-order chi connectivity index (χ1) is 17.7. The van der Waals surface area contributed by atoms with Crippen molar-refractivity contribution in [2.45, 2.75) is 0 Å². The van der Waals surface area contributed by atoms with E-state index in [4.69, 9.17) is 9.47 Å². The summed E-state index contributed by atoms with van der Waals surface area (Å²) in [5.74, 6) is 0.686. The molecule has 0 radical (unpaired) electrons. The Labute approximate surface area is 209 Å². The van der Waals surface area contributed by atoms with Crippen molar-refractivity contribution in [2.75, 3.05) is 14.2 Å². The maximum absolute atomic E-state index is 12.8. The third-order valence-corrected chi connectivity index (χ3v) is 5.98. The van der Waals surface area contributed by atoms with Gasteiger partial charge in [-0.15, -0.1) is 0 Å². The van der Waals surface area contributed by atoms with Crippen molar-refractivity contribution in [3.63, 3.8) is 0 Å². The largest absolute Gasteiger partial charge is 0.493 e. The molecule has 0 aliphatic heterocycles. The number of nitrogens with zero attached hydrogens (tertiary/aromatic N) is 2. The molecule has 0 aliphatic carbocycles. The van der Waals surface area contributed by atoms with Crippen molar-refractivity contribution < 1.29 is 14.3 Å². The van der Waals surface area contributed by atoms with E-state index in [9.17, 15) is 4.79 Å². The lowest BCUT2D eigenvalue weighted by molar-refractivity contribution is 0.0954. The fourth-order valence-electron chi connectivity index (χ4n) is 4.32. The summed E-state index contributed by atoms with van der Waals surface area (Å²) in [6.45, 7) is 0. The Balaban J connectivity index is 1.58. The lowest BCUT2D eigenvalue weighted by Gasteiger charge is -2.12. The van der Waals surface area contributed by atoms with Crippen LogP contribution in [-0.2, 0) is 0 Å². The summed E-state index contributed by atoms with van der Waals surface area (Å²) < 4.78 is 12.8. The second kappa shape index (κ2) is 10.2.